The third-order valence-electron chi connectivity index (χ3n) is 10.1. The minimum absolute atomic E-state index is 0.0141. The largest absolute Gasteiger partial charge is 0.493 e. The molecular formula is C40H45N7O11S. The topological polar surface area (TPSA) is 213 Å². The van der Waals surface area contributed by atoms with Crippen molar-refractivity contribution in [2.45, 2.75) is 69.9 Å². The number of aryl methyl sites for hydroxylation is 1. The van der Waals surface area contributed by atoms with Crippen LogP contribution < -0.4 is 25.0 Å². The molecule has 312 valence electrons. The molecular weight excluding hydrogens is 787 g/mol. The number of carboxylic acids is 1. The van der Waals surface area contributed by atoms with E-state index < -0.39 is 36.5 Å². The van der Waals surface area contributed by atoms with E-state index in [0.717, 1.165) is 25.7 Å². The van der Waals surface area contributed by atoms with Gasteiger partial charge in [0.1, 0.15) is 6.61 Å². The van der Waals surface area contributed by atoms with Crippen molar-refractivity contribution in [3.8, 4) is 11.5 Å². The molecule has 0 bridgehead atoms. The van der Waals surface area contributed by atoms with Gasteiger partial charge in [0.25, 0.3) is 11.8 Å². The van der Waals surface area contributed by atoms with Crippen LogP contribution >= 0.6 is 11.3 Å². The second-order valence-corrected chi connectivity index (χ2v) is 15.2. The third-order valence-corrected chi connectivity index (χ3v) is 11.1. The highest BCUT2D eigenvalue weighted by atomic mass is 32.1. The lowest BCUT2D eigenvalue weighted by molar-refractivity contribution is -0.198. The second kappa shape index (κ2) is 18.3. The predicted molar refractivity (Wildman–Crippen MR) is 215 cm³/mol. The summed E-state index contributed by atoms with van der Waals surface area (Å²) in [6.07, 6.45) is 5.77. The zero-order valence-electron chi connectivity index (χ0n) is 32.6. The van der Waals surface area contributed by atoms with Crippen molar-refractivity contribution < 1.29 is 52.8 Å². The van der Waals surface area contributed by atoms with Gasteiger partial charge in [-0.15, -0.1) is 0 Å². The molecule has 2 unspecified atom stereocenters. The Balaban J connectivity index is 1.02. The highest BCUT2D eigenvalue weighted by Crippen LogP contribution is 2.42. The van der Waals surface area contributed by atoms with Gasteiger partial charge >= 0.3 is 12.1 Å². The van der Waals surface area contributed by atoms with Crippen molar-refractivity contribution >= 4 is 68.0 Å². The summed E-state index contributed by atoms with van der Waals surface area (Å²) in [5, 5.41) is 14.9. The number of carbonyl (C=O) groups is 5. The maximum atomic E-state index is 14.2. The zero-order chi connectivity index (χ0) is 41.6. The number of nitrogens with zero attached hydrogens (tertiary/aromatic N) is 5. The number of imidazole rings is 1. The monoisotopic (exact) mass is 831 g/mol. The number of rotatable bonds is 14. The van der Waals surface area contributed by atoms with Crippen molar-refractivity contribution in [1.29, 1.82) is 0 Å². The maximum absolute atomic E-state index is 14.2. The Bertz CT molecular complexity index is 2250. The van der Waals surface area contributed by atoms with E-state index in [9.17, 15) is 29.1 Å². The fourth-order valence-electron chi connectivity index (χ4n) is 7.31. The van der Waals surface area contributed by atoms with Crippen molar-refractivity contribution in [2.24, 2.45) is 7.05 Å². The van der Waals surface area contributed by atoms with Crippen LogP contribution in [0.3, 0.4) is 0 Å². The van der Waals surface area contributed by atoms with Crippen LogP contribution in [0.15, 0.2) is 49.2 Å². The molecule has 2 aromatic heterocycles. The van der Waals surface area contributed by atoms with Crippen LogP contribution in [0.4, 0.5) is 21.4 Å². The number of piperidine rings is 1. The van der Waals surface area contributed by atoms with E-state index >= 15 is 0 Å². The van der Waals surface area contributed by atoms with Gasteiger partial charge in [-0.2, -0.15) is 0 Å². The first-order chi connectivity index (χ1) is 28.5. The highest BCUT2D eigenvalue weighted by molar-refractivity contribution is 7.22. The lowest BCUT2D eigenvalue weighted by atomic mass is 10.00. The summed E-state index contributed by atoms with van der Waals surface area (Å²) in [7, 11) is 3.06. The minimum Gasteiger partial charge on any atom is -0.493 e. The number of nitrogens with one attached hydrogen (secondary N) is 2. The molecule has 0 spiro atoms. The van der Waals surface area contributed by atoms with Crippen molar-refractivity contribution in [3.05, 3.63) is 66.1 Å². The fourth-order valence-corrected chi connectivity index (χ4v) is 8.16. The summed E-state index contributed by atoms with van der Waals surface area (Å²) in [5.41, 5.74) is 0.976. The van der Waals surface area contributed by atoms with Gasteiger partial charge in [0, 0.05) is 38.9 Å². The molecule has 0 saturated carbocycles. The number of aromatic nitrogens is 3. The summed E-state index contributed by atoms with van der Waals surface area (Å²) in [6, 6.07) is 7.18. The van der Waals surface area contributed by atoms with Gasteiger partial charge in [-0.3, -0.25) is 19.7 Å². The number of carbonyl (C=O) groups excluding carboxylic acids is 4. The first kappa shape index (κ1) is 41.1. The van der Waals surface area contributed by atoms with Crippen molar-refractivity contribution in [3.63, 3.8) is 0 Å². The average Bonchev–Trinajstić information content (AvgIpc) is 3.80. The number of benzene rings is 2. The highest BCUT2D eigenvalue weighted by Gasteiger charge is 2.47. The number of methoxy groups -OCH3 is 1. The smallest absolute Gasteiger partial charge is 0.416 e. The fraction of sp³-hybridized carbons (Fsp3) is 0.425. The Labute approximate surface area is 343 Å². The van der Waals surface area contributed by atoms with E-state index in [0.29, 0.717) is 36.2 Å². The average molecular weight is 832 g/mol. The number of hydrogen-bond acceptors (Lipinski definition) is 13. The first-order valence-corrected chi connectivity index (χ1v) is 20.1. The van der Waals surface area contributed by atoms with Crippen LogP contribution in [0.5, 0.6) is 11.5 Å². The number of fused-ring (bicyclic) bond motifs is 3. The Hall–Kier alpha value is -6.05. The molecule has 0 radical (unpaired) electrons. The van der Waals surface area contributed by atoms with Crippen molar-refractivity contribution in [1.82, 2.24) is 19.4 Å². The summed E-state index contributed by atoms with van der Waals surface area (Å²) in [5.74, 6) is -1.63. The second-order valence-electron chi connectivity index (χ2n) is 14.2. The van der Waals surface area contributed by atoms with Crippen LogP contribution in [0.2, 0.25) is 0 Å². The van der Waals surface area contributed by atoms with E-state index in [1.54, 1.807) is 30.1 Å². The number of anilines is 3. The molecule has 18 nitrogen and oxygen atoms in total. The summed E-state index contributed by atoms with van der Waals surface area (Å²) in [4.78, 5) is 77.2. The molecule has 2 fully saturated rings. The molecule has 59 heavy (non-hydrogen) atoms. The number of amides is 4. The van der Waals surface area contributed by atoms with Gasteiger partial charge in [0.2, 0.25) is 11.7 Å². The number of carboxylic acid groups (broad SMARTS) is 1. The lowest BCUT2D eigenvalue weighted by Crippen LogP contribution is -2.57. The quantitative estimate of drug-likeness (QED) is 0.102. The molecule has 3 aliphatic rings. The number of hydrogen-bond donors (Lipinski definition) is 3. The minimum atomic E-state index is -1.08. The van der Waals surface area contributed by atoms with E-state index in [4.69, 9.17) is 23.7 Å². The van der Waals surface area contributed by atoms with Gasteiger partial charge in [0.05, 0.1) is 46.8 Å². The summed E-state index contributed by atoms with van der Waals surface area (Å²) < 4.78 is 32.0. The number of thiazole rings is 1. The normalized spacial score (nSPS) is 18.9. The van der Waals surface area contributed by atoms with Gasteiger partial charge < -0.3 is 43.6 Å². The Morgan fingerprint density at radius 3 is 2.66 bits per heavy atom. The van der Waals surface area contributed by atoms with Gasteiger partial charge in [-0.1, -0.05) is 24.0 Å². The molecule has 3 N–H and O–H groups in total. The molecule has 3 aliphatic heterocycles. The molecule has 3 atom stereocenters. The summed E-state index contributed by atoms with van der Waals surface area (Å²) >= 11 is 1.18. The molecule has 7 rings (SSSR count). The van der Waals surface area contributed by atoms with Gasteiger partial charge in [0.15, 0.2) is 35.0 Å². The number of aromatic carboxylic acids is 1. The molecule has 2 aromatic carbocycles. The first-order valence-electron chi connectivity index (χ1n) is 19.3. The Morgan fingerprint density at radius 1 is 1.07 bits per heavy atom. The van der Waals surface area contributed by atoms with E-state index in [-0.39, 0.29) is 83.0 Å². The van der Waals surface area contributed by atoms with Crippen molar-refractivity contribution in [2.75, 3.05) is 49.0 Å². The summed E-state index contributed by atoms with van der Waals surface area (Å²) in [6.45, 7) is 4.70. The molecule has 2 saturated heterocycles. The SMILES string of the molecule is C=CCOC(=O)N1c2cc(OCCCC(=O)Nc3cn(C)c(C(=O)Nc4nc5cc(C(=O)O)ccc5s4)n3)c(OC)cc2C(=O)N2CCCC[C@H]2C1OC1CCCCO1. The van der Waals surface area contributed by atoms with E-state index in [1.165, 1.54) is 52.3 Å². The number of ether oxygens (including phenoxy) is 5. The molecule has 5 heterocycles. The maximum Gasteiger partial charge on any atom is 0.416 e. The Morgan fingerprint density at radius 2 is 1.90 bits per heavy atom. The molecule has 19 heteroatoms. The van der Waals surface area contributed by atoms with Crippen LogP contribution in [0.25, 0.3) is 10.2 Å². The van der Waals surface area contributed by atoms with E-state index in [1.807, 2.05) is 0 Å². The molecule has 0 aliphatic carbocycles. The van der Waals surface area contributed by atoms with Crippen LogP contribution in [0.1, 0.15) is 82.7 Å². The molecule has 4 aromatic rings. The predicted octanol–water partition coefficient (Wildman–Crippen LogP) is 5.79. The van der Waals surface area contributed by atoms with Gasteiger partial charge in [-0.05, 0) is 69.2 Å². The van der Waals surface area contributed by atoms with Crippen LogP contribution in [0, 0.1) is 0 Å². The molecule has 4 amide bonds. The van der Waals surface area contributed by atoms with E-state index in [2.05, 4.69) is 27.2 Å². The zero-order valence-corrected chi connectivity index (χ0v) is 33.5. The van der Waals surface area contributed by atoms with Crippen LogP contribution in [-0.4, -0.2) is 106 Å². The van der Waals surface area contributed by atoms with Gasteiger partial charge in [-0.25, -0.2) is 24.5 Å². The lowest BCUT2D eigenvalue weighted by Gasteiger charge is -2.42. The van der Waals surface area contributed by atoms with Crippen LogP contribution in [-0.2, 0) is 26.1 Å². The Kier molecular flexibility index (Phi) is 12.7. The standard InChI is InChI=1S/C40H45N7O11S/c1-4-16-57-40(53)47-27-21-29(28(54-3)20-24(27)36(50)46-15-7-5-10-26(46)37(47)58-33-12-6-8-17-56-33)55-18-9-11-32(48)42-31-22-45(2)34(43-31)35(49)44-39-41-25-19-23(38(51)52)13-14-30(25)59-39/h4,13-14,19-22,26,33,37H,1,5-12,15-18H2,2-3H3,(H,42,48)(H,51,52)(H,41,44,49)/t26-,33?,37?/m0/s1. The third kappa shape index (κ3) is 9.16.